The fourth-order valence-electron chi connectivity index (χ4n) is 1.62. The molecule has 0 saturated carbocycles. The highest BCUT2D eigenvalue weighted by Gasteiger charge is 2.19. The quantitative estimate of drug-likeness (QED) is 0.777. The van der Waals surface area contributed by atoms with Gasteiger partial charge in [-0.1, -0.05) is 6.92 Å². The van der Waals surface area contributed by atoms with Crippen molar-refractivity contribution in [1.29, 1.82) is 0 Å². The van der Waals surface area contributed by atoms with E-state index in [0.717, 1.165) is 19.6 Å². The average molecular weight is 257 g/mol. The largest absolute Gasteiger partial charge is 0.314 e. The van der Waals surface area contributed by atoms with E-state index in [1.165, 1.54) is 0 Å². The maximum absolute atomic E-state index is 11.3. The van der Waals surface area contributed by atoms with Crippen molar-refractivity contribution in [2.75, 3.05) is 37.7 Å². The summed E-state index contributed by atoms with van der Waals surface area (Å²) in [6.07, 6.45) is 0. The van der Waals surface area contributed by atoms with Crippen LogP contribution in [0, 0.1) is 0 Å². The molecule has 1 heterocycles. The fourth-order valence-corrected chi connectivity index (χ4v) is 2.42. The first kappa shape index (κ1) is 15.2. The van der Waals surface area contributed by atoms with Gasteiger partial charge in [-0.3, -0.25) is 4.90 Å². The van der Waals surface area contributed by atoms with Crippen LogP contribution in [0.2, 0.25) is 0 Å². The molecule has 6 heteroatoms. The van der Waals surface area contributed by atoms with Crippen LogP contribution in [0.1, 0.15) is 13.8 Å². The summed E-state index contributed by atoms with van der Waals surface area (Å²) >= 11 is 0. The van der Waals surface area contributed by atoms with Crippen LogP contribution < -0.4 is 5.32 Å². The third-order valence-corrected chi connectivity index (χ3v) is 4.45. The molecule has 15 heavy (non-hydrogen) atoms. The van der Waals surface area contributed by atoms with Gasteiger partial charge in [-0.15, -0.1) is 12.4 Å². The van der Waals surface area contributed by atoms with Crippen LogP contribution in [-0.2, 0) is 9.84 Å². The van der Waals surface area contributed by atoms with E-state index in [-0.39, 0.29) is 18.2 Å². The standard InChI is InChI=1S/C9H20N2O2S.ClH/c1-3-14(12,13)7-6-11-5-4-10-8-9(11)2;/h9-10H,3-8H2,1-2H3;1H/t9-;/m1./s1. The molecule has 0 spiro atoms. The van der Waals surface area contributed by atoms with Gasteiger partial charge in [0.05, 0.1) is 5.75 Å². The molecule has 0 aromatic carbocycles. The summed E-state index contributed by atoms with van der Waals surface area (Å²) in [5.41, 5.74) is 0. The second kappa shape index (κ2) is 6.68. The van der Waals surface area contributed by atoms with Crippen molar-refractivity contribution in [2.45, 2.75) is 19.9 Å². The van der Waals surface area contributed by atoms with Crippen molar-refractivity contribution in [3.05, 3.63) is 0 Å². The first-order chi connectivity index (χ1) is 6.55. The Hall–Kier alpha value is 0.160. The summed E-state index contributed by atoms with van der Waals surface area (Å²) in [7, 11) is -2.80. The van der Waals surface area contributed by atoms with Crippen molar-refractivity contribution < 1.29 is 8.42 Å². The number of hydrogen-bond donors (Lipinski definition) is 1. The smallest absolute Gasteiger partial charge is 0.151 e. The van der Waals surface area contributed by atoms with Crippen LogP contribution in [0.3, 0.4) is 0 Å². The lowest BCUT2D eigenvalue weighted by atomic mass is 10.2. The summed E-state index contributed by atoms with van der Waals surface area (Å²) in [5.74, 6) is 0.557. The van der Waals surface area contributed by atoms with Crippen LogP contribution in [0.15, 0.2) is 0 Å². The highest BCUT2D eigenvalue weighted by atomic mass is 35.5. The van der Waals surface area contributed by atoms with Crippen LogP contribution >= 0.6 is 12.4 Å². The Balaban J connectivity index is 0.00000196. The molecule has 1 atom stereocenters. The third-order valence-electron chi connectivity index (χ3n) is 2.77. The minimum absolute atomic E-state index is 0. The zero-order chi connectivity index (χ0) is 10.6. The lowest BCUT2D eigenvalue weighted by Crippen LogP contribution is -2.51. The number of nitrogens with zero attached hydrogens (tertiary/aromatic N) is 1. The molecule has 1 N–H and O–H groups in total. The predicted molar refractivity (Wildman–Crippen MR) is 65.5 cm³/mol. The van der Waals surface area contributed by atoms with Gasteiger partial charge in [-0.2, -0.15) is 0 Å². The Kier molecular flexibility index (Phi) is 6.75. The number of sulfone groups is 1. The Morgan fingerprint density at radius 1 is 1.47 bits per heavy atom. The van der Waals surface area contributed by atoms with E-state index < -0.39 is 9.84 Å². The first-order valence-electron chi connectivity index (χ1n) is 5.20. The Bertz CT molecular complexity index is 269. The molecule has 0 amide bonds. The second-order valence-corrected chi connectivity index (χ2v) is 6.30. The SMILES string of the molecule is CCS(=O)(=O)CCN1CCNC[C@H]1C.Cl. The number of hydrogen-bond acceptors (Lipinski definition) is 4. The minimum atomic E-state index is -2.80. The highest BCUT2D eigenvalue weighted by Crippen LogP contribution is 2.02. The Labute approximate surface area is 98.7 Å². The second-order valence-electron chi connectivity index (χ2n) is 3.83. The topological polar surface area (TPSA) is 49.4 Å². The number of rotatable bonds is 4. The van der Waals surface area contributed by atoms with Crippen molar-refractivity contribution in [3.63, 3.8) is 0 Å². The molecule has 0 radical (unpaired) electrons. The molecule has 0 aromatic rings. The lowest BCUT2D eigenvalue weighted by molar-refractivity contribution is 0.184. The molecule has 92 valence electrons. The maximum Gasteiger partial charge on any atom is 0.151 e. The van der Waals surface area contributed by atoms with Gasteiger partial charge in [-0.25, -0.2) is 8.42 Å². The molecule has 1 aliphatic rings. The van der Waals surface area contributed by atoms with Crippen molar-refractivity contribution in [2.24, 2.45) is 0 Å². The van der Waals surface area contributed by atoms with E-state index in [9.17, 15) is 8.42 Å². The number of nitrogens with one attached hydrogen (secondary N) is 1. The van der Waals surface area contributed by atoms with Gasteiger partial charge in [0.2, 0.25) is 0 Å². The van der Waals surface area contributed by atoms with Crippen molar-refractivity contribution in [1.82, 2.24) is 10.2 Å². The van der Waals surface area contributed by atoms with E-state index in [1.807, 2.05) is 0 Å². The van der Waals surface area contributed by atoms with Crippen LogP contribution in [0.25, 0.3) is 0 Å². The molecule has 0 bridgehead atoms. The van der Waals surface area contributed by atoms with Gasteiger partial charge in [0, 0.05) is 38.0 Å². The van der Waals surface area contributed by atoms with Gasteiger partial charge in [-0.05, 0) is 6.92 Å². The van der Waals surface area contributed by atoms with Gasteiger partial charge in [0.25, 0.3) is 0 Å². The Morgan fingerprint density at radius 3 is 2.67 bits per heavy atom. The summed E-state index contributed by atoms with van der Waals surface area (Å²) in [5, 5.41) is 3.28. The van der Waals surface area contributed by atoms with Crippen molar-refractivity contribution in [3.8, 4) is 0 Å². The van der Waals surface area contributed by atoms with Crippen LogP contribution in [0.5, 0.6) is 0 Å². The molecule has 0 aliphatic carbocycles. The first-order valence-corrected chi connectivity index (χ1v) is 7.02. The van der Waals surface area contributed by atoms with Gasteiger partial charge >= 0.3 is 0 Å². The highest BCUT2D eigenvalue weighted by molar-refractivity contribution is 7.91. The van der Waals surface area contributed by atoms with Gasteiger partial charge in [0.1, 0.15) is 0 Å². The van der Waals surface area contributed by atoms with Gasteiger partial charge < -0.3 is 5.32 Å². The summed E-state index contributed by atoms with van der Waals surface area (Å²) < 4.78 is 22.6. The third kappa shape index (κ3) is 5.15. The average Bonchev–Trinajstić information content (AvgIpc) is 2.17. The predicted octanol–water partition coefficient (Wildman–Crippen LogP) is 0.137. The minimum Gasteiger partial charge on any atom is -0.314 e. The number of halogens is 1. The van der Waals surface area contributed by atoms with Crippen LogP contribution in [-0.4, -0.2) is 57.0 Å². The molecule has 1 aliphatic heterocycles. The van der Waals surface area contributed by atoms with Gasteiger partial charge in [0.15, 0.2) is 9.84 Å². The molecule has 0 unspecified atom stereocenters. The maximum atomic E-state index is 11.3. The van der Waals surface area contributed by atoms with E-state index in [4.69, 9.17) is 0 Å². The van der Waals surface area contributed by atoms with E-state index in [1.54, 1.807) is 6.92 Å². The molecule has 0 aromatic heterocycles. The van der Waals surface area contributed by atoms with Crippen LogP contribution in [0.4, 0.5) is 0 Å². The normalized spacial score (nSPS) is 23.5. The summed E-state index contributed by atoms with van der Waals surface area (Å²) in [6, 6.07) is 0.454. The van der Waals surface area contributed by atoms with E-state index in [2.05, 4.69) is 17.1 Å². The Morgan fingerprint density at radius 2 is 2.13 bits per heavy atom. The molecule has 1 rings (SSSR count). The molecule has 1 fully saturated rings. The molecular formula is C9H21ClN2O2S. The zero-order valence-electron chi connectivity index (χ0n) is 9.40. The van der Waals surface area contributed by atoms with E-state index in [0.29, 0.717) is 18.3 Å². The molecule has 1 saturated heterocycles. The molecule has 4 nitrogen and oxygen atoms in total. The molecular weight excluding hydrogens is 236 g/mol. The van der Waals surface area contributed by atoms with E-state index >= 15 is 0 Å². The summed E-state index contributed by atoms with van der Waals surface area (Å²) in [4.78, 5) is 2.24. The summed E-state index contributed by atoms with van der Waals surface area (Å²) in [6.45, 7) is 7.41. The zero-order valence-corrected chi connectivity index (χ0v) is 11.0. The monoisotopic (exact) mass is 256 g/mol. The van der Waals surface area contributed by atoms with Crippen molar-refractivity contribution >= 4 is 22.2 Å². The fraction of sp³-hybridized carbons (Fsp3) is 1.00. The lowest BCUT2D eigenvalue weighted by Gasteiger charge is -2.33. The number of piperazine rings is 1.